The first kappa shape index (κ1) is 15.9. The molecule has 2 aromatic carbocycles. The summed E-state index contributed by atoms with van der Waals surface area (Å²) < 4.78 is 14.0. The molecule has 2 aromatic rings. The molecule has 0 saturated heterocycles. The van der Waals surface area contributed by atoms with E-state index in [1.165, 1.54) is 18.6 Å². The van der Waals surface area contributed by atoms with E-state index >= 15 is 0 Å². The van der Waals surface area contributed by atoms with E-state index in [9.17, 15) is 9.50 Å². The minimum absolute atomic E-state index is 0.0424. The van der Waals surface area contributed by atoms with Crippen LogP contribution in [-0.2, 0) is 5.60 Å². The van der Waals surface area contributed by atoms with Crippen LogP contribution in [0.4, 0.5) is 10.1 Å². The highest BCUT2D eigenvalue weighted by atomic mass is 35.5. The lowest BCUT2D eigenvalue weighted by atomic mass is 9.86. The van der Waals surface area contributed by atoms with Crippen molar-refractivity contribution in [2.75, 3.05) is 0 Å². The number of fused-ring (bicyclic) bond motifs is 1. The Morgan fingerprint density at radius 2 is 2.00 bits per heavy atom. The van der Waals surface area contributed by atoms with Crippen LogP contribution in [0.2, 0.25) is 5.02 Å². The Bertz CT molecular complexity index is 853. The second-order valence-electron chi connectivity index (χ2n) is 6.18. The summed E-state index contributed by atoms with van der Waals surface area (Å²) in [5, 5.41) is 12.4. The first-order valence-corrected chi connectivity index (χ1v) is 9.08. The summed E-state index contributed by atoms with van der Waals surface area (Å²) in [6, 6.07) is 9.51. The molecule has 1 heterocycles. The van der Waals surface area contributed by atoms with E-state index in [-0.39, 0.29) is 5.84 Å². The number of hydrogen-bond donors (Lipinski definition) is 2. The molecular formula is C18H16ClFN2OS. The van der Waals surface area contributed by atoms with Crippen molar-refractivity contribution in [3.05, 3.63) is 58.4 Å². The zero-order valence-electron chi connectivity index (χ0n) is 12.8. The molecule has 2 aliphatic rings. The first-order chi connectivity index (χ1) is 11.5. The Balaban J connectivity index is 1.87. The van der Waals surface area contributed by atoms with E-state index in [0.29, 0.717) is 27.1 Å². The van der Waals surface area contributed by atoms with Crippen LogP contribution in [0, 0.1) is 5.82 Å². The van der Waals surface area contributed by atoms with Crippen LogP contribution >= 0.6 is 23.4 Å². The summed E-state index contributed by atoms with van der Waals surface area (Å²) in [5.74, 6) is -0.375. The third-order valence-corrected chi connectivity index (χ3v) is 6.29. The average molecular weight is 363 g/mol. The molecule has 3 N–H and O–H groups in total. The van der Waals surface area contributed by atoms with Crippen molar-refractivity contribution < 1.29 is 9.50 Å². The number of aliphatic hydroxyl groups is 1. The van der Waals surface area contributed by atoms with Gasteiger partial charge >= 0.3 is 0 Å². The maximum Gasteiger partial charge on any atom is 0.175 e. The molecule has 0 spiro atoms. The van der Waals surface area contributed by atoms with Gasteiger partial charge in [-0.1, -0.05) is 18.0 Å². The van der Waals surface area contributed by atoms with E-state index in [4.69, 9.17) is 17.3 Å². The van der Waals surface area contributed by atoms with E-state index in [1.807, 2.05) is 0 Å². The molecule has 0 amide bonds. The summed E-state index contributed by atoms with van der Waals surface area (Å²) >= 11 is 7.75. The number of halogens is 2. The van der Waals surface area contributed by atoms with Gasteiger partial charge in [0, 0.05) is 26.3 Å². The Morgan fingerprint density at radius 3 is 2.71 bits per heavy atom. The molecule has 1 aliphatic heterocycles. The topological polar surface area (TPSA) is 58.6 Å². The largest absolute Gasteiger partial charge is 0.384 e. The van der Waals surface area contributed by atoms with Crippen LogP contribution in [0.1, 0.15) is 30.4 Å². The number of amidine groups is 1. The standard InChI is InChI=1S/C18H16ClFN2OS/c19-10-4-6-15-13(8-10)18(23,17(21)22-15)14-9-11(20)5-7-16(14)24-12-2-1-3-12/h4-9,12,23H,1-3H2,(H2,21,22). The fraction of sp³-hybridized carbons (Fsp3) is 0.278. The van der Waals surface area contributed by atoms with E-state index in [0.717, 1.165) is 17.7 Å². The fourth-order valence-corrected chi connectivity index (χ4v) is 4.66. The Labute approximate surface area is 148 Å². The lowest BCUT2D eigenvalue weighted by Gasteiger charge is -2.30. The minimum Gasteiger partial charge on any atom is -0.384 e. The van der Waals surface area contributed by atoms with E-state index in [2.05, 4.69) is 4.99 Å². The third kappa shape index (κ3) is 2.42. The van der Waals surface area contributed by atoms with E-state index in [1.54, 1.807) is 36.0 Å². The van der Waals surface area contributed by atoms with Gasteiger partial charge in [0.15, 0.2) is 5.60 Å². The molecule has 1 unspecified atom stereocenters. The Morgan fingerprint density at radius 1 is 1.21 bits per heavy atom. The zero-order chi connectivity index (χ0) is 16.9. The van der Waals surface area contributed by atoms with Crippen LogP contribution < -0.4 is 5.73 Å². The number of thioether (sulfide) groups is 1. The number of nitrogens with two attached hydrogens (primary N) is 1. The normalized spacial score (nSPS) is 22.9. The summed E-state index contributed by atoms with van der Waals surface area (Å²) in [7, 11) is 0. The lowest BCUT2D eigenvalue weighted by Crippen LogP contribution is -2.40. The summed E-state index contributed by atoms with van der Waals surface area (Å²) in [5.41, 5.74) is 5.89. The monoisotopic (exact) mass is 362 g/mol. The molecule has 1 saturated carbocycles. The van der Waals surface area contributed by atoms with Gasteiger partial charge in [-0.3, -0.25) is 0 Å². The molecule has 24 heavy (non-hydrogen) atoms. The molecule has 0 bridgehead atoms. The molecule has 1 fully saturated rings. The Hall–Kier alpha value is -1.56. The minimum atomic E-state index is -1.66. The molecular weight excluding hydrogens is 347 g/mol. The number of aliphatic imine (C=N–C) groups is 1. The van der Waals surface area contributed by atoms with Crippen LogP contribution in [0.3, 0.4) is 0 Å². The van der Waals surface area contributed by atoms with Gasteiger partial charge in [-0.05, 0) is 49.2 Å². The SMILES string of the molecule is NC1=Nc2ccc(Cl)cc2C1(O)c1cc(F)ccc1SC1CCC1. The van der Waals surface area contributed by atoms with Crippen molar-refractivity contribution in [1.82, 2.24) is 0 Å². The van der Waals surface area contributed by atoms with Gasteiger partial charge in [-0.2, -0.15) is 0 Å². The fourth-order valence-electron chi connectivity index (χ4n) is 3.08. The van der Waals surface area contributed by atoms with Crippen LogP contribution in [0.25, 0.3) is 0 Å². The van der Waals surface area contributed by atoms with Gasteiger partial charge in [-0.25, -0.2) is 9.38 Å². The van der Waals surface area contributed by atoms with Gasteiger partial charge < -0.3 is 10.8 Å². The summed E-state index contributed by atoms with van der Waals surface area (Å²) in [6.45, 7) is 0. The maximum absolute atomic E-state index is 14.0. The van der Waals surface area contributed by atoms with Gasteiger partial charge in [-0.15, -0.1) is 11.8 Å². The molecule has 0 aromatic heterocycles. The van der Waals surface area contributed by atoms with Crippen LogP contribution in [0.5, 0.6) is 0 Å². The summed E-state index contributed by atoms with van der Waals surface area (Å²) in [6.07, 6.45) is 3.47. The predicted molar refractivity (Wildman–Crippen MR) is 95.6 cm³/mol. The maximum atomic E-state index is 14.0. The molecule has 124 valence electrons. The highest BCUT2D eigenvalue weighted by Crippen LogP contribution is 2.47. The number of rotatable bonds is 3. The van der Waals surface area contributed by atoms with Gasteiger partial charge in [0.05, 0.1) is 5.69 Å². The highest BCUT2D eigenvalue weighted by molar-refractivity contribution is 8.00. The van der Waals surface area contributed by atoms with Crippen molar-refractivity contribution in [2.45, 2.75) is 35.0 Å². The molecule has 3 nitrogen and oxygen atoms in total. The van der Waals surface area contributed by atoms with Crippen molar-refractivity contribution in [2.24, 2.45) is 10.7 Å². The number of benzene rings is 2. The number of hydrogen-bond acceptors (Lipinski definition) is 4. The predicted octanol–water partition coefficient (Wildman–Crippen LogP) is 4.36. The van der Waals surface area contributed by atoms with Crippen molar-refractivity contribution >= 4 is 34.9 Å². The zero-order valence-corrected chi connectivity index (χ0v) is 14.4. The van der Waals surface area contributed by atoms with Crippen molar-refractivity contribution in [1.29, 1.82) is 0 Å². The Kier molecular flexibility index (Phi) is 3.82. The van der Waals surface area contributed by atoms with Crippen LogP contribution in [0.15, 0.2) is 46.3 Å². The highest BCUT2D eigenvalue weighted by Gasteiger charge is 2.44. The summed E-state index contributed by atoms with van der Waals surface area (Å²) in [4.78, 5) is 5.09. The molecule has 1 aliphatic carbocycles. The molecule has 0 radical (unpaired) electrons. The molecule has 1 atom stereocenters. The van der Waals surface area contributed by atoms with Crippen molar-refractivity contribution in [3.8, 4) is 0 Å². The lowest BCUT2D eigenvalue weighted by molar-refractivity contribution is 0.155. The molecule has 4 rings (SSSR count). The van der Waals surface area contributed by atoms with Gasteiger partial charge in [0.2, 0.25) is 0 Å². The third-order valence-electron chi connectivity index (χ3n) is 4.64. The van der Waals surface area contributed by atoms with Crippen molar-refractivity contribution in [3.63, 3.8) is 0 Å². The smallest absolute Gasteiger partial charge is 0.175 e. The second kappa shape index (κ2) is 5.76. The van der Waals surface area contributed by atoms with E-state index < -0.39 is 11.4 Å². The first-order valence-electron chi connectivity index (χ1n) is 7.82. The number of nitrogens with zero attached hydrogens (tertiary/aromatic N) is 1. The quantitative estimate of drug-likeness (QED) is 0.852. The second-order valence-corrected chi connectivity index (χ2v) is 7.96. The molecule has 6 heteroatoms. The van der Waals surface area contributed by atoms with Gasteiger partial charge in [0.25, 0.3) is 0 Å². The van der Waals surface area contributed by atoms with Crippen LogP contribution in [-0.4, -0.2) is 16.2 Å². The van der Waals surface area contributed by atoms with Gasteiger partial charge in [0.1, 0.15) is 11.7 Å². The average Bonchev–Trinajstić information content (AvgIpc) is 2.76.